The van der Waals surface area contributed by atoms with Gasteiger partial charge in [0.2, 0.25) is 0 Å². The molecule has 0 saturated heterocycles. The molecule has 0 radical (unpaired) electrons. The number of amides is 1. The molecule has 2 aromatic rings. The van der Waals surface area contributed by atoms with Crippen LogP contribution in [-0.2, 0) is 11.2 Å². The highest BCUT2D eigenvalue weighted by Crippen LogP contribution is 2.35. The zero-order valence-corrected chi connectivity index (χ0v) is 16.4. The smallest absolute Gasteiger partial charge is 0.262 e. The summed E-state index contributed by atoms with van der Waals surface area (Å²) in [7, 11) is 0. The van der Waals surface area contributed by atoms with E-state index in [1.807, 2.05) is 32.2 Å². The fourth-order valence-electron chi connectivity index (χ4n) is 3.52. The van der Waals surface area contributed by atoms with Gasteiger partial charge in [-0.05, 0) is 68.5 Å². The molecular weight excluding hydrogens is 336 g/mol. The van der Waals surface area contributed by atoms with Crippen molar-refractivity contribution in [1.29, 1.82) is 0 Å². The molecule has 1 amide bonds. The van der Waals surface area contributed by atoms with Gasteiger partial charge in [0.05, 0.1) is 5.69 Å². The molecule has 1 atom stereocenters. The van der Waals surface area contributed by atoms with E-state index in [1.54, 1.807) is 0 Å². The first kappa shape index (κ1) is 18.9. The van der Waals surface area contributed by atoms with Crippen LogP contribution >= 0.6 is 0 Å². The molecule has 0 aliphatic carbocycles. The Labute approximate surface area is 161 Å². The Morgan fingerprint density at radius 3 is 2.81 bits per heavy atom. The zero-order chi connectivity index (χ0) is 19.4. The van der Waals surface area contributed by atoms with Gasteiger partial charge < -0.3 is 10.1 Å². The number of anilines is 1. The number of nitrogens with one attached hydrogen (secondary N) is 1. The van der Waals surface area contributed by atoms with Gasteiger partial charge in [-0.1, -0.05) is 30.3 Å². The van der Waals surface area contributed by atoms with Crippen LogP contribution in [0.1, 0.15) is 42.0 Å². The first-order valence-electron chi connectivity index (χ1n) is 9.30. The largest absolute Gasteiger partial charge is 0.482 e. The maximum atomic E-state index is 11.5. The Kier molecular flexibility index (Phi) is 5.75. The Balaban J connectivity index is 1.99. The third-order valence-corrected chi connectivity index (χ3v) is 5.07. The predicted octanol–water partition coefficient (Wildman–Crippen LogP) is 4.96. The van der Waals surface area contributed by atoms with Crippen molar-refractivity contribution in [3.8, 4) is 5.75 Å². The fourth-order valence-corrected chi connectivity index (χ4v) is 3.52. The Hall–Kier alpha value is -2.88. The highest BCUT2D eigenvalue weighted by atomic mass is 16.5. The van der Waals surface area contributed by atoms with Crippen molar-refractivity contribution in [2.24, 2.45) is 4.99 Å². The molecule has 1 heterocycles. The van der Waals surface area contributed by atoms with Crippen LogP contribution < -0.4 is 10.1 Å². The summed E-state index contributed by atoms with van der Waals surface area (Å²) in [4.78, 5) is 16.1. The van der Waals surface area contributed by atoms with Crippen LogP contribution in [0, 0.1) is 13.8 Å². The van der Waals surface area contributed by atoms with E-state index >= 15 is 0 Å². The van der Waals surface area contributed by atoms with Crippen molar-refractivity contribution in [3.63, 3.8) is 0 Å². The number of hydrogen-bond donors (Lipinski definition) is 1. The van der Waals surface area contributed by atoms with Crippen LogP contribution in [0.3, 0.4) is 0 Å². The molecule has 4 heteroatoms. The summed E-state index contributed by atoms with van der Waals surface area (Å²) in [5, 5.41) is 2.84. The Morgan fingerprint density at radius 2 is 2.07 bits per heavy atom. The minimum atomic E-state index is -0.114. The fraction of sp³-hybridized carbons (Fsp3) is 0.304. The van der Waals surface area contributed by atoms with Crippen molar-refractivity contribution in [1.82, 2.24) is 0 Å². The van der Waals surface area contributed by atoms with E-state index < -0.39 is 0 Å². The second kappa shape index (κ2) is 8.21. The Morgan fingerprint density at radius 1 is 1.26 bits per heavy atom. The minimum Gasteiger partial charge on any atom is -0.482 e. The number of aliphatic imine (C=N–C) groups is 1. The summed E-state index contributed by atoms with van der Waals surface area (Å²) in [5.74, 6) is 0.771. The molecule has 1 unspecified atom stereocenters. The first-order chi connectivity index (χ1) is 13.0. The topological polar surface area (TPSA) is 50.7 Å². The van der Waals surface area contributed by atoms with E-state index in [1.165, 1.54) is 16.7 Å². The lowest BCUT2D eigenvalue weighted by molar-refractivity contribution is -0.118. The monoisotopic (exact) mass is 362 g/mol. The lowest BCUT2D eigenvalue weighted by Gasteiger charge is -2.23. The number of allylic oxidation sites excluding steroid dienone is 2. The van der Waals surface area contributed by atoms with Crippen LogP contribution in [0.2, 0.25) is 0 Å². The minimum absolute atomic E-state index is 0.0666. The van der Waals surface area contributed by atoms with E-state index in [2.05, 4.69) is 54.5 Å². The number of carbonyl (C=O) groups is 1. The maximum Gasteiger partial charge on any atom is 0.262 e. The van der Waals surface area contributed by atoms with Crippen molar-refractivity contribution in [2.45, 2.75) is 40.0 Å². The summed E-state index contributed by atoms with van der Waals surface area (Å²) >= 11 is 0. The number of nitrogens with zero attached hydrogens (tertiary/aromatic N) is 1. The number of rotatable bonds is 5. The van der Waals surface area contributed by atoms with Gasteiger partial charge in [-0.3, -0.25) is 9.79 Å². The summed E-state index contributed by atoms with van der Waals surface area (Å²) in [6.45, 7) is 8.36. The lowest BCUT2D eigenvalue weighted by atomic mass is 9.85. The average molecular weight is 362 g/mol. The third-order valence-electron chi connectivity index (χ3n) is 5.07. The summed E-state index contributed by atoms with van der Waals surface area (Å²) in [6.07, 6.45) is 4.74. The SMILES string of the molecule is CC=N/C(=C\C)C(Cc1ccc2c(c1)OCC(=O)N2)c1cccc(C)c1C. The predicted molar refractivity (Wildman–Crippen MR) is 111 cm³/mol. The highest BCUT2D eigenvalue weighted by molar-refractivity contribution is 5.95. The van der Waals surface area contributed by atoms with Crippen LogP contribution in [0.5, 0.6) is 5.75 Å². The van der Waals surface area contributed by atoms with Crippen molar-refractivity contribution >= 4 is 17.8 Å². The number of aryl methyl sites for hydroxylation is 1. The number of hydrogen-bond acceptors (Lipinski definition) is 3. The molecule has 2 aromatic carbocycles. The number of carbonyl (C=O) groups excluding carboxylic acids is 1. The second-order valence-electron chi connectivity index (χ2n) is 6.81. The van der Waals surface area contributed by atoms with E-state index in [0.717, 1.165) is 29.1 Å². The third kappa shape index (κ3) is 4.11. The van der Waals surface area contributed by atoms with Crippen molar-refractivity contribution in [3.05, 3.63) is 70.4 Å². The number of benzene rings is 2. The van der Waals surface area contributed by atoms with E-state index in [4.69, 9.17) is 4.74 Å². The van der Waals surface area contributed by atoms with Gasteiger partial charge >= 0.3 is 0 Å². The summed E-state index contributed by atoms with van der Waals surface area (Å²) in [5.41, 5.74) is 6.82. The van der Waals surface area contributed by atoms with Gasteiger partial charge in [-0.15, -0.1) is 0 Å². The van der Waals surface area contributed by atoms with Crippen LogP contribution in [0.15, 0.2) is 53.2 Å². The van der Waals surface area contributed by atoms with Gasteiger partial charge in [-0.25, -0.2) is 0 Å². The van der Waals surface area contributed by atoms with Crippen LogP contribution in [0.25, 0.3) is 0 Å². The van der Waals surface area contributed by atoms with Crippen LogP contribution in [0.4, 0.5) is 5.69 Å². The van der Waals surface area contributed by atoms with Crippen molar-refractivity contribution in [2.75, 3.05) is 11.9 Å². The number of ether oxygens (including phenoxy) is 1. The molecule has 0 fully saturated rings. The first-order valence-corrected chi connectivity index (χ1v) is 9.30. The summed E-state index contributed by atoms with van der Waals surface area (Å²) in [6, 6.07) is 12.4. The van der Waals surface area contributed by atoms with Gasteiger partial charge in [0.1, 0.15) is 5.75 Å². The summed E-state index contributed by atoms with van der Waals surface area (Å²) < 4.78 is 5.58. The standard InChI is InChI=1S/C23H26N2O2/c1-5-20(24-6-2)19(18-9-7-8-15(3)16(18)4)12-17-10-11-21-22(13-17)27-14-23(26)25-21/h5-11,13,19H,12,14H2,1-4H3,(H,25,26)/b20-5-,24-6?. The average Bonchev–Trinajstić information content (AvgIpc) is 2.67. The highest BCUT2D eigenvalue weighted by Gasteiger charge is 2.21. The van der Waals surface area contributed by atoms with Crippen molar-refractivity contribution < 1.29 is 9.53 Å². The molecule has 1 N–H and O–H groups in total. The number of fused-ring (bicyclic) bond motifs is 1. The molecule has 4 nitrogen and oxygen atoms in total. The zero-order valence-electron chi connectivity index (χ0n) is 16.4. The van der Waals surface area contributed by atoms with Gasteiger partial charge in [0.25, 0.3) is 5.91 Å². The normalized spacial score (nSPS) is 15.3. The van der Waals surface area contributed by atoms with Crippen LogP contribution in [-0.4, -0.2) is 18.7 Å². The molecular formula is C23H26N2O2. The van der Waals surface area contributed by atoms with E-state index in [0.29, 0.717) is 0 Å². The Bertz CT molecular complexity index is 913. The molecule has 0 aromatic heterocycles. The second-order valence-corrected chi connectivity index (χ2v) is 6.81. The molecule has 0 bridgehead atoms. The van der Waals surface area contributed by atoms with Gasteiger partial charge in [0, 0.05) is 17.8 Å². The molecule has 1 aliphatic heterocycles. The molecule has 0 saturated carbocycles. The molecule has 3 rings (SSSR count). The molecule has 27 heavy (non-hydrogen) atoms. The van der Waals surface area contributed by atoms with Gasteiger partial charge in [-0.2, -0.15) is 0 Å². The quantitative estimate of drug-likeness (QED) is 0.765. The lowest BCUT2D eigenvalue weighted by Crippen LogP contribution is -2.25. The van der Waals surface area contributed by atoms with E-state index in [-0.39, 0.29) is 18.4 Å². The maximum absolute atomic E-state index is 11.5. The van der Waals surface area contributed by atoms with E-state index in [9.17, 15) is 4.79 Å². The molecule has 0 spiro atoms. The van der Waals surface area contributed by atoms with Gasteiger partial charge in [0.15, 0.2) is 6.61 Å². The molecule has 140 valence electrons. The molecule has 1 aliphatic rings.